The molecule has 0 saturated carbocycles. The van der Waals surface area contributed by atoms with E-state index in [0.29, 0.717) is 6.54 Å². The molecule has 0 aromatic heterocycles. The molecule has 1 fully saturated rings. The highest BCUT2D eigenvalue weighted by molar-refractivity contribution is 5.90. The molecule has 1 heterocycles. The van der Waals surface area contributed by atoms with Gasteiger partial charge < -0.3 is 10.2 Å². The minimum Gasteiger partial charge on any atom is -0.355 e. The van der Waals surface area contributed by atoms with Crippen molar-refractivity contribution in [2.45, 2.75) is 18.9 Å². The van der Waals surface area contributed by atoms with Crippen molar-refractivity contribution in [2.75, 3.05) is 13.6 Å². The SMILES string of the molecule is CN1C(=O)C[C@@H](C(=O)NCCc2ccccc2)[C@H]1c1ccccc1. The Hall–Kier alpha value is -2.62. The van der Waals surface area contributed by atoms with Gasteiger partial charge in [0.1, 0.15) is 0 Å². The van der Waals surface area contributed by atoms with Gasteiger partial charge in [0.25, 0.3) is 0 Å². The van der Waals surface area contributed by atoms with Gasteiger partial charge in [-0.1, -0.05) is 60.7 Å². The highest BCUT2D eigenvalue weighted by atomic mass is 16.2. The zero-order valence-electron chi connectivity index (χ0n) is 13.8. The molecular weight excluding hydrogens is 300 g/mol. The summed E-state index contributed by atoms with van der Waals surface area (Å²) in [6, 6.07) is 19.6. The van der Waals surface area contributed by atoms with E-state index >= 15 is 0 Å². The topological polar surface area (TPSA) is 49.4 Å². The lowest BCUT2D eigenvalue weighted by Gasteiger charge is -2.24. The molecule has 0 aliphatic carbocycles. The number of rotatable bonds is 5. The molecular formula is C20H22N2O2. The summed E-state index contributed by atoms with van der Waals surface area (Å²) in [6.45, 7) is 0.582. The van der Waals surface area contributed by atoms with Crippen molar-refractivity contribution >= 4 is 11.8 Å². The van der Waals surface area contributed by atoms with E-state index in [1.54, 1.807) is 11.9 Å². The molecule has 0 unspecified atom stereocenters. The molecule has 3 rings (SSSR count). The second kappa shape index (κ2) is 7.30. The first kappa shape index (κ1) is 16.2. The Morgan fingerprint density at radius 2 is 1.71 bits per heavy atom. The van der Waals surface area contributed by atoms with Crippen molar-refractivity contribution in [1.82, 2.24) is 10.2 Å². The minimum absolute atomic E-state index is 0.0204. The third kappa shape index (κ3) is 3.48. The number of carbonyl (C=O) groups excluding carboxylic acids is 2. The number of benzene rings is 2. The van der Waals surface area contributed by atoms with E-state index in [2.05, 4.69) is 5.32 Å². The molecule has 1 aliphatic rings. The standard InChI is InChI=1S/C20H22N2O2/c1-22-18(23)14-17(19(22)16-10-6-3-7-11-16)20(24)21-13-12-15-8-4-2-5-9-15/h2-11,17,19H,12-14H2,1H3,(H,21,24)/t17-,19-/m1/s1. The van der Waals surface area contributed by atoms with E-state index in [1.165, 1.54) is 5.56 Å². The molecule has 0 radical (unpaired) electrons. The first-order valence-electron chi connectivity index (χ1n) is 8.29. The molecule has 1 N–H and O–H groups in total. The van der Waals surface area contributed by atoms with Crippen LogP contribution in [0.1, 0.15) is 23.6 Å². The van der Waals surface area contributed by atoms with Crippen LogP contribution in [0.2, 0.25) is 0 Å². The third-order valence-corrected chi connectivity index (χ3v) is 4.62. The van der Waals surface area contributed by atoms with Gasteiger partial charge in [-0.15, -0.1) is 0 Å². The lowest BCUT2D eigenvalue weighted by molar-refractivity contribution is -0.128. The fourth-order valence-electron chi connectivity index (χ4n) is 3.32. The Labute approximate surface area is 142 Å². The molecule has 2 aromatic carbocycles. The summed E-state index contributed by atoms with van der Waals surface area (Å²) in [6.07, 6.45) is 1.06. The maximum atomic E-state index is 12.6. The van der Waals surface area contributed by atoms with Gasteiger partial charge in [-0.25, -0.2) is 0 Å². The van der Waals surface area contributed by atoms with E-state index < -0.39 is 0 Å². The Kier molecular flexibility index (Phi) is 4.94. The number of nitrogens with one attached hydrogen (secondary N) is 1. The van der Waals surface area contributed by atoms with Crippen LogP contribution in [-0.2, 0) is 16.0 Å². The zero-order valence-corrected chi connectivity index (χ0v) is 13.8. The molecule has 0 spiro atoms. The van der Waals surface area contributed by atoms with E-state index in [9.17, 15) is 9.59 Å². The van der Waals surface area contributed by atoms with Crippen LogP contribution in [0.15, 0.2) is 60.7 Å². The normalized spacial score (nSPS) is 20.2. The molecule has 4 nitrogen and oxygen atoms in total. The van der Waals surface area contributed by atoms with Crippen molar-refractivity contribution in [3.8, 4) is 0 Å². The lowest BCUT2D eigenvalue weighted by atomic mass is 9.93. The molecule has 1 saturated heterocycles. The van der Waals surface area contributed by atoms with Crippen LogP contribution in [0.25, 0.3) is 0 Å². The highest BCUT2D eigenvalue weighted by Crippen LogP contribution is 2.36. The second-order valence-corrected chi connectivity index (χ2v) is 6.20. The Bertz CT molecular complexity index is 700. The maximum Gasteiger partial charge on any atom is 0.226 e. The van der Waals surface area contributed by atoms with Gasteiger partial charge in [0.15, 0.2) is 0 Å². The number of carbonyl (C=O) groups is 2. The molecule has 0 bridgehead atoms. The monoisotopic (exact) mass is 322 g/mol. The van der Waals surface area contributed by atoms with E-state index in [1.807, 2.05) is 60.7 Å². The van der Waals surface area contributed by atoms with Crippen molar-refractivity contribution in [2.24, 2.45) is 5.92 Å². The Morgan fingerprint density at radius 3 is 2.38 bits per heavy atom. The summed E-state index contributed by atoms with van der Waals surface area (Å²) in [7, 11) is 1.78. The largest absolute Gasteiger partial charge is 0.355 e. The van der Waals surface area contributed by atoms with Gasteiger partial charge in [0, 0.05) is 20.0 Å². The second-order valence-electron chi connectivity index (χ2n) is 6.20. The van der Waals surface area contributed by atoms with Crippen LogP contribution in [0.3, 0.4) is 0 Å². The number of hydrogen-bond acceptors (Lipinski definition) is 2. The van der Waals surface area contributed by atoms with Crippen molar-refractivity contribution in [3.05, 3.63) is 71.8 Å². The predicted octanol–water partition coefficient (Wildman–Crippen LogP) is 2.56. The third-order valence-electron chi connectivity index (χ3n) is 4.62. The number of nitrogens with zero attached hydrogens (tertiary/aromatic N) is 1. The van der Waals surface area contributed by atoms with Crippen LogP contribution in [-0.4, -0.2) is 30.3 Å². The molecule has 2 atom stereocenters. The number of likely N-dealkylation sites (tertiary alicyclic amines) is 1. The maximum absolute atomic E-state index is 12.6. The van der Waals surface area contributed by atoms with Gasteiger partial charge in [-0.3, -0.25) is 9.59 Å². The molecule has 1 aliphatic heterocycles. The van der Waals surface area contributed by atoms with E-state index in [4.69, 9.17) is 0 Å². The van der Waals surface area contributed by atoms with Gasteiger partial charge >= 0.3 is 0 Å². The summed E-state index contributed by atoms with van der Waals surface area (Å²) in [5.41, 5.74) is 2.20. The first-order valence-corrected chi connectivity index (χ1v) is 8.29. The fraction of sp³-hybridized carbons (Fsp3) is 0.300. The smallest absolute Gasteiger partial charge is 0.226 e. The van der Waals surface area contributed by atoms with Gasteiger partial charge in [-0.2, -0.15) is 0 Å². The lowest BCUT2D eigenvalue weighted by Crippen LogP contribution is -2.35. The summed E-state index contributed by atoms with van der Waals surface area (Å²) in [4.78, 5) is 26.4. The van der Waals surface area contributed by atoms with Crippen LogP contribution < -0.4 is 5.32 Å². The summed E-state index contributed by atoms with van der Waals surface area (Å²) in [5, 5.41) is 3.00. The van der Waals surface area contributed by atoms with Crippen molar-refractivity contribution < 1.29 is 9.59 Å². The molecule has 2 amide bonds. The molecule has 24 heavy (non-hydrogen) atoms. The van der Waals surface area contributed by atoms with Crippen LogP contribution >= 0.6 is 0 Å². The summed E-state index contributed by atoms with van der Waals surface area (Å²) in [5.74, 6) is -0.356. The highest BCUT2D eigenvalue weighted by Gasteiger charge is 2.42. The van der Waals surface area contributed by atoms with Gasteiger partial charge in [-0.05, 0) is 17.5 Å². The molecule has 2 aromatic rings. The first-order chi connectivity index (χ1) is 11.7. The predicted molar refractivity (Wildman–Crippen MR) is 93.2 cm³/mol. The Morgan fingerprint density at radius 1 is 1.08 bits per heavy atom. The van der Waals surface area contributed by atoms with Crippen molar-refractivity contribution in [1.29, 1.82) is 0 Å². The minimum atomic E-state index is -0.333. The average Bonchev–Trinajstić information content (AvgIpc) is 2.92. The van der Waals surface area contributed by atoms with Gasteiger partial charge in [0.2, 0.25) is 11.8 Å². The number of amides is 2. The van der Waals surface area contributed by atoms with E-state index in [-0.39, 0.29) is 30.2 Å². The van der Waals surface area contributed by atoms with Crippen LogP contribution in [0.4, 0.5) is 0 Å². The van der Waals surface area contributed by atoms with Gasteiger partial charge in [0.05, 0.1) is 12.0 Å². The van der Waals surface area contributed by atoms with E-state index in [0.717, 1.165) is 12.0 Å². The molecule has 4 heteroatoms. The van der Waals surface area contributed by atoms with Crippen LogP contribution in [0, 0.1) is 5.92 Å². The van der Waals surface area contributed by atoms with Crippen LogP contribution in [0.5, 0.6) is 0 Å². The average molecular weight is 322 g/mol. The summed E-state index contributed by atoms with van der Waals surface area (Å²) < 4.78 is 0. The molecule has 124 valence electrons. The quantitative estimate of drug-likeness (QED) is 0.920. The van der Waals surface area contributed by atoms with Crippen molar-refractivity contribution in [3.63, 3.8) is 0 Å². The summed E-state index contributed by atoms with van der Waals surface area (Å²) >= 11 is 0. The Balaban J connectivity index is 1.65. The fourth-order valence-corrected chi connectivity index (χ4v) is 3.32. The zero-order chi connectivity index (χ0) is 16.9. The number of hydrogen-bond donors (Lipinski definition) is 1.